The summed E-state index contributed by atoms with van der Waals surface area (Å²) < 4.78 is 0. The van der Waals surface area contributed by atoms with Gasteiger partial charge in [-0.25, -0.2) is 4.99 Å². The van der Waals surface area contributed by atoms with E-state index < -0.39 is 0 Å². The van der Waals surface area contributed by atoms with Crippen LogP contribution in [-0.4, -0.2) is 17.0 Å². The van der Waals surface area contributed by atoms with Gasteiger partial charge in [0.15, 0.2) is 0 Å². The lowest BCUT2D eigenvalue weighted by Crippen LogP contribution is -2.28. The van der Waals surface area contributed by atoms with Crippen LogP contribution < -0.4 is 0 Å². The summed E-state index contributed by atoms with van der Waals surface area (Å²) in [5, 5.41) is 0.677. The number of hydrogen-bond donors (Lipinski definition) is 0. The van der Waals surface area contributed by atoms with Crippen molar-refractivity contribution < 1.29 is 0 Å². The number of nitrogens with zero attached hydrogens (tertiary/aromatic N) is 2. The van der Waals surface area contributed by atoms with Crippen LogP contribution >= 0.6 is 11.6 Å². The maximum Gasteiger partial charge on any atom is 0.0847 e. The highest BCUT2D eigenvalue weighted by atomic mass is 35.5. The number of halogens is 1. The highest BCUT2D eigenvalue weighted by Gasteiger charge is 2.30. The quantitative estimate of drug-likeness (QED) is 0.629. The first kappa shape index (κ1) is 15.9. The molecule has 0 bridgehead atoms. The van der Waals surface area contributed by atoms with Gasteiger partial charge in [0.25, 0.3) is 0 Å². The van der Waals surface area contributed by atoms with Crippen molar-refractivity contribution in [2.75, 3.05) is 0 Å². The van der Waals surface area contributed by atoms with Gasteiger partial charge < -0.3 is 0 Å². The fourth-order valence-corrected chi connectivity index (χ4v) is 3.13. The first-order valence-electron chi connectivity index (χ1n) is 8.10. The molecule has 1 aromatic carbocycles. The first-order chi connectivity index (χ1) is 11.0. The van der Waals surface area contributed by atoms with E-state index in [4.69, 9.17) is 16.6 Å². The minimum absolute atomic E-state index is 0.167. The predicted octanol–water partition coefficient (Wildman–Crippen LogP) is 5.78. The van der Waals surface area contributed by atoms with E-state index >= 15 is 0 Å². The van der Waals surface area contributed by atoms with Gasteiger partial charge in [0.2, 0.25) is 0 Å². The summed E-state index contributed by atoms with van der Waals surface area (Å²) in [6.07, 6.45) is 8.21. The van der Waals surface area contributed by atoms with Crippen LogP contribution in [0, 0.1) is 0 Å². The fourth-order valence-electron chi connectivity index (χ4n) is 2.87. The monoisotopic (exact) mass is 324 g/mol. The molecule has 0 radical (unpaired) electrons. The van der Waals surface area contributed by atoms with Crippen molar-refractivity contribution >= 4 is 28.7 Å². The van der Waals surface area contributed by atoms with Gasteiger partial charge in [0, 0.05) is 5.57 Å². The number of para-hydroxylation sites is 1. The lowest BCUT2D eigenvalue weighted by atomic mass is 9.84. The molecule has 118 valence electrons. The van der Waals surface area contributed by atoms with Crippen LogP contribution in [0.2, 0.25) is 0 Å². The van der Waals surface area contributed by atoms with Gasteiger partial charge in [-0.3, -0.25) is 4.99 Å². The third kappa shape index (κ3) is 3.23. The Bertz CT molecular complexity index is 766. The van der Waals surface area contributed by atoms with Crippen LogP contribution in [0.1, 0.15) is 33.6 Å². The zero-order valence-corrected chi connectivity index (χ0v) is 14.6. The highest BCUT2D eigenvalue weighted by molar-refractivity contribution is 6.50. The predicted molar refractivity (Wildman–Crippen MR) is 100 cm³/mol. The minimum Gasteiger partial charge on any atom is -0.273 e. The minimum atomic E-state index is -0.167. The largest absolute Gasteiger partial charge is 0.273 e. The van der Waals surface area contributed by atoms with Crippen LogP contribution in [0.15, 0.2) is 74.7 Å². The van der Waals surface area contributed by atoms with Crippen molar-refractivity contribution in [1.82, 2.24) is 0 Å². The second-order valence-corrected chi connectivity index (χ2v) is 6.52. The van der Waals surface area contributed by atoms with E-state index in [1.54, 1.807) is 0 Å². The zero-order valence-electron chi connectivity index (χ0n) is 13.8. The van der Waals surface area contributed by atoms with Gasteiger partial charge in [-0.15, -0.1) is 0 Å². The molecule has 23 heavy (non-hydrogen) atoms. The number of rotatable bonds is 3. The normalized spacial score (nSPS) is 25.3. The van der Waals surface area contributed by atoms with Crippen molar-refractivity contribution in [3.05, 3.63) is 64.7 Å². The number of allylic oxidation sites excluding steroid dienone is 5. The van der Waals surface area contributed by atoms with Gasteiger partial charge in [0.05, 0.1) is 27.7 Å². The SMILES string of the molecule is CCC1=CC(C)(CC)N=C2C(Cl)=CC(=Nc3ccccc3)C=C12. The topological polar surface area (TPSA) is 24.7 Å². The maximum absolute atomic E-state index is 6.54. The van der Waals surface area contributed by atoms with Crippen molar-refractivity contribution in [3.63, 3.8) is 0 Å². The Balaban J connectivity index is 2.07. The summed E-state index contributed by atoms with van der Waals surface area (Å²) in [5.74, 6) is 0. The summed E-state index contributed by atoms with van der Waals surface area (Å²) in [5.41, 5.74) is 4.95. The molecule has 0 saturated heterocycles. The number of benzene rings is 1. The molecule has 1 unspecified atom stereocenters. The molecule has 3 rings (SSSR count). The third-order valence-electron chi connectivity index (χ3n) is 4.36. The molecular formula is C20H21ClN2. The third-order valence-corrected chi connectivity index (χ3v) is 4.65. The van der Waals surface area contributed by atoms with Gasteiger partial charge in [-0.2, -0.15) is 0 Å². The Hall–Kier alpha value is -1.93. The number of hydrogen-bond acceptors (Lipinski definition) is 2. The zero-order chi connectivity index (χ0) is 16.4. The number of fused-ring (bicyclic) bond motifs is 1. The second-order valence-electron chi connectivity index (χ2n) is 6.12. The van der Waals surface area contributed by atoms with E-state index in [0.717, 1.165) is 35.5 Å². The Kier molecular flexibility index (Phi) is 4.36. The first-order valence-corrected chi connectivity index (χ1v) is 8.48. The summed E-state index contributed by atoms with van der Waals surface area (Å²) >= 11 is 6.54. The van der Waals surface area contributed by atoms with Gasteiger partial charge >= 0.3 is 0 Å². The van der Waals surface area contributed by atoms with Crippen molar-refractivity contribution in [2.45, 2.75) is 39.2 Å². The summed E-state index contributed by atoms with van der Waals surface area (Å²) in [6, 6.07) is 9.93. The molecule has 1 aliphatic carbocycles. The summed E-state index contributed by atoms with van der Waals surface area (Å²) in [7, 11) is 0. The molecule has 2 aliphatic rings. The molecule has 0 saturated carbocycles. The lowest BCUT2D eigenvalue weighted by molar-refractivity contribution is 0.559. The van der Waals surface area contributed by atoms with E-state index in [9.17, 15) is 0 Å². The summed E-state index contributed by atoms with van der Waals surface area (Å²) in [4.78, 5) is 9.57. The Morgan fingerprint density at radius 3 is 2.52 bits per heavy atom. The van der Waals surface area contributed by atoms with E-state index in [-0.39, 0.29) is 5.54 Å². The summed E-state index contributed by atoms with van der Waals surface area (Å²) in [6.45, 7) is 6.49. The standard InChI is InChI=1S/C20H21ClN2/c1-4-14-13-20(3,5-2)23-19-17(14)11-16(12-18(19)21)22-15-9-7-6-8-10-15/h6-13H,4-5H2,1-3H3. The maximum atomic E-state index is 6.54. The Morgan fingerprint density at radius 2 is 1.87 bits per heavy atom. The molecule has 2 nitrogen and oxygen atoms in total. The second kappa shape index (κ2) is 6.29. The molecule has 0 aromatic heterocycles. The van der Waals surface area contributed by atoms with Crippen LogP contribution in [0.3, 0.4) is 0 Å². The van der Waals surface area contributed by atoms with Crippen molar-refractivity contribution in [1.29, 1.82) is 0 Å². The molecular weight excluding hydrogens is 304 g/mol. The molecule has 1 heterocycles. The fraction of sp³-hybridized carbons (Fsp3) is 0.300. The smallest absolute Gasteiger partial charge is 0.0847 e. The molecule has 1 aliphatic heterocycles. The van der Waals surface area contributed by atoms with E-state index in [1.165, 1.54) is 5.57 Å². The molecule has 1 aromatic rings. The van der Waals surface area contributed by atoms with E-state index in [2.05, 4.69) is 37.9 Å². The van der Waals surface area contributed by atoms with Gasteiger partial charge in [-0.05, 0) is 49.6 Å². The van der Waals surface area contributed by atoms with Crippen LogP contribution in [0.4, 0.5) is 5.69 Å². The van der Waals surface area contributed by atoms with Crippen LogP contribution in [-0.2, 0) is 0 Å². The molecule has 0 fully saturated rings. The number of dihydropyridines is 1. The van der Waals surface area contributed by atoms with Crippen LogP contribution in [0.25, 0.3) is 0 Å². The number of aliphatic imine (C=N–C) groups is 2. The average molecular weight is 325 g/mol. The van der Waals surface area contributed by atoms with Crippen LogP contribution in [0.5, 0.6) is 0 Å². The molecule has 0 amide bonds. The van der Waals surface area contributed by atoms with Crippen molar-refractivity contribution in [3.8, 4) is 0 Å². The van der Waals surface area contributed by atoms with E-state index in [0.29, 0.717) is 5.03 Å². The Morgan fingerprint density at radius 1 is 1.13 bits per heavy atom. The molecule has 0 spiro atoms. The van der Waals surface area contributed by atoms with Crippen molar-refractivity contribution in [2.24, 2.45) is 9.98 Å². The highest BCUT2D eigenvalue weighted by Crippen LogP contribution is 2.35. The lowest BCUT2D eigenvalue weighted by Gasteiger charge is -2.31. The average Bonchev–Trinajstić information content (AvgIpc) is 2.56. The van der Waals surface area contributed by atoms with Gasteiger partial charge in [-0.1, -0.05) is 49.7 Å². The molecule has 0 N–H and O–H groups in total. The van der Waals surface area contributed by atoms with Gasteiger partial charge in [0.1, 0.15) is 0 Å². The van der Waals surface area contributed by atoms with E-state index in [1.807, 2.05) is 36.4 Å². The molecule has 3 heteroatoms. The Labute approximate surface area is 143 Å². The molecule has 1 atom stereocenters.